The molecule has 1 aliphatic rings. The number of hydrogen-bond donors (Lipinski definition) is 3. The third-order valence-corrected chi connectivity index (χ3v) is 2.52. The number of guanidine groups is 1. The van der Waals surface area contributed by atoms with E-state index in [1.165, 1.54) is 12.8 Å². The highest BCUT2D eigenvalue weighted by molar-refractivity contribution is 5.86. The van der Waals surface area contributed by atoms with Crippen molar-refractivity contribution in [2.45, 2.75) is 39.5 Å². The summed E-state index contributed by atoms with van der Waals surface area (Å²) in [6.07, 6.45) is 4.39. The van der Waals surface area contributed by atoms with Crippen LogP contribution in [0.25, 0.3) is 0 Å². The average Bonchev–Trinajstić information content (AvgIpc) is 2.02. The summed E-state index contributed by atoms with van der Waals surface area (Å²) in [5.41, 5.74) is 9.21. The van der Waals surface area contributed by atoms with Crippen molar-refractivity contribution < 1.29 is 0 Å². The molecule has 0 aliphatic heterocycles. The van der Waals surface area contributed by atoms with Crippen LogP contribution in [0, 0.1) is 10.8 Å². The Balaban J connectivity index is 2.40. The van der Waals surface area contributed by atoms with E-state index in [-0.39, 0.29) is 5.96 Å². The Morgan fingerprint density at radius 2 is 2.00 bits per heavy atom. The van der Waals surface area contributed by atoms with E-state index in [1.54, 1.807) is 0 Å². The van der Waals surface area contributed by atoms with Gasteiger partial charge in [-0.1, -0.05) is 13.8 Å². The minimum absolute atomic E-state index is 0.0858. The zero-order valence-corrected chi connectivity index (χ0v) is 8.35. The van der Waals surface area contributed by atoms with E-state index in [9.17, 15) is 0 Å². The molecule has 1 aliphatic carbocycles. The molecule has 4 heteroatoms. The molecule has 1 fully saturated rings. The van der Waals surface area contributed by atoms with Crippen molar-refractivity contribution in [3.8, 4) is 0 Å². The molecule has 0 atom stereocenters. The Labute approximate surface area is 79.1 Å². The molecule has 1 rings (SSSR count). The van der Waals surface area contributed by atoms with Crippen molar-refractivity contribution in [3.63, 3.8) is 0 Å². The van der Waals surface area contributed by atoms with Gasteiger partial charge in [0.1, 0.15) is 0 Å². The number of nitrogens with zero attached hydrogens (tertiary/aromatic N) is 1. The van der Waals surface area contributed by atoms with Gasteiger partial charge in [-0.3, -0.25) is 5.41 Å². The molecule has 4 N–H and O–H groups in total. The van der Waals surface area contributed by atoms with Gasteiger partial charge < -0.3 is 5.73 Å². The summed E-state index contributed by atoms with van der Waals surface area (Å²) in [4.78, 5) is 0. The molecule has 0 bridgehead atoms. The molecule has 0 unspecified atom stereocenters. The zero-order valence-electron chi connectivity index (χ0n) is 8.35. The van der Waals surface area contributed by atoms with Crippen LogP contribution < -0.4 is 11.2 Å². The van der Waals surface area contributed by atoms with Crippen molar-refractivity contribution in [1.29, 1.82) is 5.41 Å². The summed E-state index contributed by atoms with van der Waals surface area (Å²) < 4.78 is 0. The maximum atomic E-state index is 6.95. The van der Waals surface area contributed by atoms with Gasteiger partial charge >= 0.3 is 0 Å². The Morgan fingerprint density at radius 1 is 1.46 bits per heavy atom. The molecule has 0 radical (unpaired) electrons. The molecule has 0 aromatic rings. The quantitative estimate of drug-likeness (QED) is 0.326. The number of nitrogens with two attached hydrogens (primary N) is 1. The van der Waals surface area contributed by atoms with Crippen LogP contribution in [0.15, 0.2) is 5.10 Å². The largest absolute Gasteiger partial charge is 0.369 e. The Hall–Kier alpha value is -1.06. The number of rotatable bonds is 1. The smallest absolute Gasteiger partial charge is 0.206 e. The molecule has 0 aromatic carbocycles. The van der Waals surface area contributed by atoms with Gasteiger partial charge in [0.25, 0.3) is 0 Å². The first-order chi connectivity index (χ1) is 5.99. The van der Waals surface area contributed by atoms with Crippen LogP contribution in [0.3, 0.4) is 0 Å². The van der Waals surface area contributed by atoms with Crippen LogP contribution >= 0.6 is 0 Å². The molecule has 13 heavy (non-hydrogen) atoms. The van der Waals surface area contributed by atoms with Crippen LogP contribution in [0.1, 0.15) is 39.5 Å². The normalized spacial score (nSPS) is 20.9. The van der Waals surface area contributed by atoms with E-state index in [2.05, 4.69) is 24.4 Å². The summed E-state index contributed by atoms with van der Waals surface area (Å²) >= 11 is 0. The SMILES string of the molecule is CC1(C)CCC(=NNC(=N)N)CC1. The standard InChI is InChI=1S/C9H18N4/c1-9(2)5-3-7(4-6-9)12-13-8(10)11/h3-6H2,1-2H3,(H4,10,11,13). The Kier molecular flexibility index (Phi) is 2.90. The monoisotopic (exact) mass is 182 g/mol. The van der Waals surface area contributed by atoms with Gasteiger partial charge in [0, 0.05) is 5.71 Å². The van der Waals surface area contributed by atoms with Crippen molar-refractivity contribution in [2.24, 2.45) is 16.3 Å². The lowest BCUT2D eigenvalue weighted by Gasteiger charge is -2.29. The van der Waals surface area contributed by atoms with Gasteiger partial charge in [-0.25, -0.2) is 5.43 Å². The second-order valence-corrected chi connectivity index (χ2v) is 4.37. The fraction of sp³-hybridized carbons (Fsp3) is 0.778. The maximum Gasteiger partial charge on any atom is 0.206 e. The molecule has 4 nitrogen and oxygen atoms in total. The first-order valence-corrected chi connectivity index (χ1v) is 4.65. The highest BCUT2D eigenvalue weighted by Crippen LogP contribution is 2.33. The Morgan fingerprint density at radius 3 is 2.46 bits per heavy atom. The molecule has 0 spiro atoms. The fourth-order valence-corrected chi connectivity index (χ4v) is 1.47. The summed E-state index contributed by atoms with van der Waals surface area (Å²) in [7, 11) is 0. The fourth-order valence-electron chi connectivity index (χ4n) is 1.47. The van der Waals surface area contributed by atoms with Crippen LogP contribution in [0.2, 0.25) is 0 Å². The van der Waals surface area contributed by atoms with Crippen LogP contribution in [0.4, 0.5) is 0 Å². The van der Waals surface area contributed by atoms with Gasteiger partial charge in [0.05, 0.1) is 0 Å². The molecule has 0 saturated heterocycles. The average molecular weight is 182 g/mol. The first-order valence-electron chi connectivity index (χ1n) is 4.65. The summed E-state index contributed by atoms with van der Waals surface area (Å²) in [5.74, 6) is -0.0858. The number of hydrogen-bond acceptors (Lipinski definition) is 2. The van der Waals surface area contributed by atoms with E-state index in [1.807, 2.05) is 0 Å². The van der Waals surface area contributed by atoms with E-state index in [4.69, 9.17) is 11.1 Å². The second kappa shape index (κ2) is 3.77. The highest BCUT2D eigenvalue weighted by Gasteiger charge is 2.23. The van der Waals surface area contributed by atoms with Crippen molar-refractivity contribution >= 4 is 11.7 Å². The predicted molar refractivity (Wildman–Crippen MR) is 54.7 cm³/mol. The van der Waals surface area contributed by atoms with Crippen molar-refractivity contribution in [2.75, 3.05) is 0 Å². The summed E-state index contributed by atoms with van der Waals surface area (Å²) in [5, 5.41) is 11.0. The van der Waals surface area contributed by atoms with Crippen molar-refractivity contribution in [3.05, 3.63) is 0 Å². The molecular formula is C9H18N4. The summed E-state index contributed by atoms with van der Waals surface area (Å²) in [6.45, 7) is 4.56. The van der Waals surface area contributed by atoms with Crippen molar-refractivity contribution in [1.82, 2.24) is 5.43 Å². The molecular weight excluding hydrogens is 164 g/mol. The van der Waals surface area contributed by atoms with Gasteiger partial charge in [0.2, 0.25) is 5.96 Å². The van der Waals surface area contributed by atoms with Crippen LogP contribution in [-0.4, -0.2) is 11.7 Å². The lowest BCUT2D eigenvalue weighted by molar-refractivity contribution is 0.301. The topological polar surface area (TPSA) is 74.3 Å². The van der Waals surface area contributed by atoms with Gasteiger partial charge in [0.15, 0.2) is 0 Å². The van der Waals surface area contributed by atoms with Crippen LogP contribution in [0.5, 0.6) is 0 Å². The third-order valence-electron chi connectivity index (χ3n) is 2.52. The maximum absolute atomic E-state index is 6.95. The van der Waals surface area contributed by atoms with E-state index >= 15 is 0 Å². The third kappa shape index (κ3) is 3.44. The first kappa shape index (κ1) is 10.0. The molecule has 0 aromatic heterocycles. The number of hydrazone groups is 1. The second-order valence-electron chi connectivity index (χ2n) is 4.37. The lowest BCUT2D eigenvalue weighted by atomic mass is 9.77. The van der Waals surface area contributed by atoms with E-state index in [0.29, 0.717) is 5.41 Å². The van der Waals surface area contributed by atoms with Gasteiger partial charge in [-0.15, -0.1) is 0 Å². The molecule has 0 heterocycles. The molecule has 1 saturated carbocycles. The van der Waals surface area contributed by atoms with Gasteiger partial charge in [-0.05, 0) is 31.1 Å². The lowest BCUT2D eigenvalue weighted by Crippen LogP contribution is -2.28. The predicted octanol–water partition coefficient (Wildman–Crippen LogP) is 1.43. The van der Waals surface area contributed by atoms with Gasteiger partial charge in [-0.2, -0.15) is 5.10 Å². The summed E-state index contributed by atoms with van der Waals surface area (Å²) in [6, 6.07) is 0. The van der Waals surface area contributed by atoms with Crippen LogP contribution in [-0.2, 0) is 0 Å². The number of nitrogens with one attached hydrogen (secondary N) is 2. The molecule has 0 amide bonds. The zero-order chi connectivity index (χ0) is 9.90. The minimum atomic E-state index is -0.0858. The Bertz CT molecular complexity index is 218. The molecule has 74 valence electrons. The van der Waals surface area contributed by atoms with E-state index in [0.717, 1.165) is 18.6 Å². The minimum Gasteiger partial charge on any atom is -0.369 e. The van der Waals surface area contributed by atoms with E-state index < -0.39 is 0 Å². The highest BCUT2D eigenvalue weighted by atomic mass is 15.3.